The number of carbonyl (C=O) groups excluding carboxylic acids is 2. The first-order valence-corrected chi connectivity index (χ1v) is 9.57. The molecule has 0 heterocycles. The van der Waals surface area contributed by atoms with E-state index in [0.29, 0.717) is 24.2 Å². The van der Waals surface area contributed by atoms with Crippen molar-refractivity contribution in [1.82, 2.24) is 10.6 Å². The Bertz CT molecular complexity index is 756. The van der Waals surface area contributed by atoms with Gasteiger partial charge in [0.05, 0.1) is 0 Å². The predicted molar refractivity (Wildman–Crippen MR) is 110 cm³/mol. The van der Waals surface area contributed by atoms with E-state index >= 15 is 0 Å². The number of rotatable bonds is 7. The van der Waals surface area contributed by atoms with Gasteiger partial charge < -0.3 is 10.6 Å². The number of nitrogens with one attached hydrogen (secondary N) is 2. The first-order valence-electron chi connectivity index (χ1n) is 9.57. The Balaban J connectivity index is 1.88. The molecule has 0 aliphatic rings. The summed E-state index contributed by atoms with van der Waals surface area (Å²) in [6.07, 6.45) is 2.03. The van der Waals surface area contributed by atoms with Gasteiger partial charge in [-0.05, 0) is 47.2 Å². The Kier molecular flexibility index (Phi) is 7.17. The van der Waals surface area contributed by atoms with E-state index in [1.54, 1.807) is 12.1 Å². The fourth-order valence-electron chi connectivity index (χ4n) is 2.66. The van der Waals surface area contributed by atoms with Gasteiger partial charge in [-0.2, -0.15) is 0 Å². The molecule has 4 heteroatoms. The largest absolute Gasteiger partial charge is 0.352 e. The fourth-order valence-corrected chi connectivity index (χ4v) is 2.66. The molecule has 4 nitrogen and oxygen atoms in total. The molecule has 0 aliphatic carbocycles. The fraction of sp³-hybridized carbons (Fsp3) is 0.391. The lowest BCUT2D eigenvalue weighted by Gasteiger charge is -2.19. The predicted octanol–water partition coefficient (Wildman–Crippen LogP) is 4.44. The van der Waals surface area contributed by atoms with E-state index in [-0.39, 0.29) is 17.2 Å². The Morgan fingerprint density at radius 3 is 1.85 bits per heavy atom. The Morgan fingerprint density at radius 2 is 1.33 bits per heavy atom. The maximum Gasteiger partial charge on any atom is 0.251 e. The second-order valence-electron chi connectivity index (χ2n) is 7.82. The van der Waals surface area contributed by atoms with Crippen molar-refractivity contribution < 1.29 is 9.59 Å². The highest BCUT2D eigenvalue weighted by Crippen LogP contribution is 2.22. The van der Waals surface area contributed by atoms with Crippen LogP contribution in [-0.4, -0.2) is 18.4 Å². The number of hydrogen-bond acceptors (Lipinski definition) is 2. The van der Waals surface area contributed by atoms with Crippen LogP contribution in [0.1, 0.15) is 72.4 Å². The average molecular weight is 367 g/mol. The third-order valence-corrected chi connectivity index (χ3v) is 4.50. The third kappa shape index (κ3) is 6.24. The molecular formula is C23H30N2O2. The SMILES string of the molecule is CCCCNC(=O)c1ccc(CNC(=O)c2ccc(C(C)(C)C)cc2)cc1. The molecule has 2 amide bonds. The average Bonchev–Trinajstić information content (AvgIpc) is 2.66. The minimum Gasteiger partial charge on any atom is -0.352 e. The van der Waals surface area contributed by atoms with Gasteiger partial charge in [-0.3, -0.25) is 9.59 Å². The van der Waals surface area contributed by atoms with Crippen LogP contribution < -0.4 is 10.6 Å². The molecule has 2 N–H and O–H groups in total. The first-order chi connectivity index (χ1) is 12.8. The minimum atomic E-state index is -0.100. The Morgan fingerprint density at radius 1 is 0.815 bits per heavy atom. The number of amides is 2. The smallest absolute Gasteiger partial charge is 0.251 e. The highest BCUT2D eigenvalue weighted by Gasteiger charge is 2.14. The molecule has 0 radical (unpaired) electrons. The van der Waals surface area contributed by atoms with Gasteiger partial charge in [0.25, 0.3) is 11.8 Å². The summed E-state index contributed by atoms with van der Waals surface area (Å²) in [6, 6.07) is 15.1. The van der Waals surface area contributed by atoms with Crippen LogP contribution in [-0.2, 0) is 12.0 Å². The molecule has 144 valence electrons. The van der Waals surface area contributed by atoms with Crippen molar-refractivity contribution in [3.05, 3.63) is 70.8 Å². The molecule has 0 saturated heterocycles. The van der Waals surface area contributed by atoms with Crippen molar-refractivity contribution in [1.29, 1.82) is 0 Å². The summed E-state index contributed by atoms with van der Waals surface area (Å²) in [4.78, 5) is 24.3. The third-order valence-electron chi connectivity index (χ3n) is 4.50. The Hall–Kier alpha value is -2.62. The lowest BCUT2D eigenvalue weighted by molar-refractivity contribution is 0.0942. The molecule has 0 saturated carbocycles. The maximum absolute atomic E-state index is 12.3. The molecule has 0 spiro atoms. The zero-order valence-electron chi connectivity index (χ0n) is 16.8. The van der Waals surface area contributed by atoms with Crippen LogP contribution in [0.5, 0.6) is 0 Å². The van der Waals surface area contributed by atoms with E-state index in [9.17, 15) is 9.59 Å². The van der Waals surface area contributed by atoms with E-state index in [1.165, 1.54) is 5.56 Å². The van der Waals surface area contributed by atoms with Gasteiger partial charge >= 0.3 is 0 Å². The molecule has 0 bridgehead atoms. The quantitative estimate of drug-likeness (QED) is 0.712. The molecule has 2 aromatic carbocycles. The summed E-state index contributed by atoms with van der Waals surface area (Å²) >= 11 is 0. The normalized spacial score (nSPS) is 11.1. The lowest BCUT2D eigenvalue weighted by atomic mass is 9.87. The molecular weight excluding hydrogens is 336 g/mol. The summed E-state index contributed by atoms with van der Waals surface area (Å²) in [5.74, 6) is -0.158. The molecule has 0 fully saturated rings. The molecule has 2 aromatic rings. The van der Waals surface area contributed by atoms with Crippen LogP contribution in [0.25, 0.3) is 0 Å². The molecule has 27 heavy (non-hydrogen) atoms. The van der Waals surface area contributed by atoms with E-state index < -0.39 is 0 Å². The van der Waals surface area contributed by atoms with Gasteiger partial charge in [-0.25, -0.2) is 0 Å². The summed E-state index contributed by atoms with van der Waals surface area (Å²) in [5, 5.41) is 5.82. The number of benzene rings is 2. The van der Waals surface area contributed by atoms with Crippen molar-refractivity contribution in [3.8, 4) is 0 Å². The molecule has 0 aliphatic heterocycles. The standard InChI is InChI=1S/C23H30N2O2/c1-5-6-15-24-21(26)18-9-7-17(8-10-18)16-25-22(27)19-11-13-20(14-12-19)23(2,3)4/h7-14H,5-6,15-16H2,1-4H3,(H,24,26)(H,25,27). The summed E-state index contributed by atoms with van der Waals surface area (Å²) in [7, 11) is 0. The highest BCUT2D eigenvalue weighted by atomic mass is 16.2. The van der Waals surface area contributed by atoms with Gasteiger partial charge in [0.2, 0.25) is 0 Å². The zero-order chi connectivity index (χ0) is 19.9. The van der Waals surface area contributed by atoms with Gasteiger partial charge in [0.15, 0.2) is 0 Å². The minimum absolute atomic E-state index is 0.0574. The van der Waals surface area contributed by atoms with Crippen molar-refractivity contribution >= 4 is 11.8 Å². The van der Waals surface area contributed by atoms with E-state index in [4.69, 9.17) is 0 Å². The van der Waals surface area contributed by atoms with Crippen LogP contribution in [0.15, 0.2) is 48.5 Å². The second kappa shape index (κ2) is 9.36. The molecule has 0 aromatic heterocycles. The van der Waals surface area contributed by atoms with Gasteiger partial charge in [0.1, 0.15) is 0 Å². The van der Waals surface area contributed by atoms with Crippen molar-refractivity contribution in [2.24, 2.45) is 0 Å². The van der Waals surface area contributed by atoms with Crippen LogP contribution in [0, 0.1) is 0 Å². The first kappa shape index (κ1) is 20.7. The lowest BCUT2D eigenvalue weighted by Crippen LogP contribution is -2.25. The number of hydrogen-bond donors (Lipinski definition) is 2. The van der Waals surface area contributed by atoms with E-state index in [1.807, 2.05) is 36.4 Å². The van der Waals surface area contributed by atoms with Crippen molar-refractivity contribution in [3.63, 3.8) is 0 Å². The summed E-state index contributed by atoms with van der Waals surface area (Å²) < 4.78 is 0. The van der Waals surface area contributed by atoms with Gasteiger partial charge in [-0.1, -0.05) is 58.4 Å². The Labute approximate surface area is 162 Å². The van der Waals surface area contributed by atoms with Crippen LogP contribution in [0.4, 0.5) is 0 Å². The summed E-state index contributed by atoms with van der Waals surface area (Å²) in [5.41, 5.74) is 3.51. The van der Waals surface area contributed by atoms with E-state index in [2.05, 4.69) is 38.3 Å². The van der Waals surface area contributed by atoms with Crippen LogP contribution >= 0.6 is 0 Å². The highest BCUT2D eigenvalue weighted by molar-refractivity contribution is 5.95. The topological polar surface area (TPSA) is 58.2 Å². The summed E-state index contributed by atoms with van der Waals surface area (Å²) in [6.45, 7) is 9.66. The molecule has 0 atom stereocenters. The monoisotopic (exact) mass is 366 g/mol. The maximum atomic E-state index is 12.3. The van der Waals surface area contributed by atoms with Crippen molar-refractivity contribution in [2.45, 2.75) is 52.5 Å². The van der Waals surface area contributed by atoms with Crippen molar-refractivity contribution in [2.75, 3.05) is 6.54 Å². The van der Waals surface area contributed by atoms with Crippen LogP contribution in [0.3, 0.4) is 0 Å². The number of carbonyl (C=O) groups is 2. The zero-order valence-corrected chi connectivity index (χ0v) is 16.8. The van der Waals surface area contributed by atoms with E-state index in [0.717, 1.165) is 18.4 Å². The van der Waals surface area contributed by atoms with Gasteiger partial charge in [-0.15, -0.1) is 0 Å². The van der Waals surface area contributed by atoms with Crippen LogP contribution in [0.2, 0.25) is 0 Å². The molecule has 0 unspecified atom stereocenters. The molecule has 2 rings (SSSR count). The van der Waals surface area contributed by atoms with Gasteiger partial charge in [0, 0.05) is 24.2 Å². The number of unbranched alkanes of at least 4 members (excludes halogenated alkanes) is 1. The second-order valence-corrected chi connectivity index (χ2v) is 7.82.